The minimum absolute atomic E-state index is 0.411. The molecule has 0 saturated heterocycles. The summed E-state index contributed by atoms with van der Waals surface area (Å²) in [6, 6.07) is 13.7. The van der Waals surface area contributed by atoms with Gasteiger partial charge in [-0.1, -0.05) is 49.4 Å². The molecule has 0 bridgehead atoms. The number of benzene rings is 2. The van der Waals surface area contributed by atoms with Crippen LogP contribution in [0.5, 0.6) is 0 Å². The molecule has 1 unspecified atom stereocenters. The van der Waals surface area contributed by atoms with Crippen molar-refractivity contribution in [2.75, 3.05) is 0 Å². The van der Waals surface area contributed by atoms with Crippen LogP contribution < -0.4 is 0 Å². The Bertz CT molecular complexity index is 512. The van der Waals surface area contributed by atoms with E-state index in [1.807, 2.05) is 49.4 Å². The van der Waals surface area contributed by atoms with Crippen molar-refractivity contribution >= 4 is 16.7 Å². The molecule has 0 aliphatic carbocycles. The fraction of sp³-hybridized carbons (Fsp3) is 0.214. The van der Waals surface area contributed by atoms with Gasteiger partial charge in [-0.25, -0.2) is 0 Å². The van der Waals surface area contributed by atoms with Gasteiger partial charge in [0.15, 0.2) is 0 Å². The quantitative estimate of drug-likeness (QED) is 0.850. The van der Waals surface area contributed by atoms with Crippen LogP contribution in [0.1, 0.15) is 24.8 Å². The lowest BCUT2D eigenvalue weighted by Gasteiger charge is -2.12. The number of hydrogen-bond donors (Lipinski definition) is 1. The van der Waals surface area contributed by atoms with E-state index in [-0.39, 0.29) is 0 Å². The first-order valence-corrected chi connectivity index (χ1v) is 5.44. The molecule has 0 spiro atoms. The smallest absolute Gasteiger partial charge is 0.310 e. The molecular weight excluding hydrogens is 200 g/mol. The van der Waals surface area contributed by atoms with Gasteiger partial charge in [0.05, 0.1) is 5.92 Å². The summed E-state index contributed by atoms with van der Waals surface area (Å²) >= 11 is 0. The fourth-order valence-corrected chi connectivity index (χ4v) is 2.08. The largest absolute Gasteiger partial charge is 0.481 e. The van der Waals surface area contributed by atoms with Crippen LogP contribution in [0, 0.1) is 0 Å². The van der Waals surface area contributed by atoms with Crippen molar-refractivity contribution in [1.82, 2.24) is 0 Å². The lowest BCUT2D eigenvalue weighted by molar-refractivity contribution is -0.138. The molecule has 1 atom stereocenters. The Hall–Kier alpha value is -1.83. The Morgan fingerprint density at radius 3 is 2.56 bits per heavy atom. The predicted octanol–water partition coefficient (Wildman–Crippen LogP) is 3.42. The van der Waals surface area contributed by atoms with Crippen molar-refractivity contribution in [2.45, 2.75) is 19.3 Å². The standard InChI is InChI=1S/C14H14O2/c1-2-11(14(15)16)13-9-5-7-10-6-3-4-8-12(10)13/h3-9,11H,2H2,1H3,(H,15,16). The molecule has 2 rings (SSSR count). The molecule has 0 radical (unpaired) electrons. The molecule has 2 nitrogen and oxygen atoms in total. The third kappa shape index (κ3) is 1.78. The average Bonchev–Trinajstić information content (AvgIpc) is 2.30. The summed E-state index contributed by atoms with van der Waals surface area (Å²) < 4.78 is 0. The zero-order valence-corrected chi connectivity index (χ0v) is 9.18. The molecule has 0 aromatic heterocycles. The van der Waals surface area contributed by atoms with Crippen LogP contribution in [0.15, 0.2) is 42.5 Å². The second-order valence-electron chi connectivity index (χ2n) is 3.87. The first-order chi connectivity index (χ1) is 7.74. The zero-order chi connectivity index (χ0) is 11.5. The minimum Gasteiger partial charge on any atom is -0.481 e. The van der Waals surface area contributed by atoms with Crippen LogP contribution in [0.4, 0.5) is 0 Å². The highest BCUT2D eigenvalue weighted by Gasteiger charge is 2.19. The van der Waals surface area contributed by atoms with Crippen molar-refractivity contribution in [3.63, 3.8) is 0 Å². The van der Waals surface area contributed by atoms with Crippen molar-refractivity contribution < 1.29 is 9.90 Å². The first-order valence-electron chi connectivity index (χ1n) is 5.44. The number of aliphatic carboxylic acids is 1. The lowest BCUT2D eigenvalue weighted by atomic mass is 9.92. The average molecular weight is 214 g/mol. The first kappa shape index (κ1) is 10.7. The summed E-state index contributed by atoms with van der Waals surface area (Å²) in [6.07, 6.45) is 0.614. The Morgan fingerprint density at radius 2 is 1.88 bits per heavy atom. The van der Waals surface area contributed by atoms with Crippen LogP contribution in [0.2, 0.25) is 0 Å². The maximum atomic E-state index is 11.2. The molecule has 0 aliphatic rings. The van der Waals surface area contributed by atoms with E-state index >= 15 is 0 Å². The topological polar surface area (TPSA) is 37.3 Å². The van der Waals surface area contributed by atoms with Crippen molar-refractivity contribution in [1.29, 1.82) is 0 Å². The Balaban J connectivity index is 2.63. The highest BCUT2D eigenvalue weighted by Crippen LogP contribution is 2.27. The van der Waals surface area contributed by atoms with Crippen LogP contribution in [-0.4, -0.2) is 11.1 Å². The lowest BCUT2D eigenvalue weighted by Crippen LogP contribution is -2.10. The molecule has 2 heteroatoms. The van der Waals surface area contributed by atoms with E-state index < -0.39 is 11.9 Å². The van der Waals surface area contributed by atoms with E-state index in [2.05, 4.69) is 0 Å². The molecule has 0 amide bonds. The molecular formula is C14H14O2. The molecule has 1 N–H and O–H groups in total. The van der Waals surface area contributed by atoms with Gasteiger partial charge in [0, 0.05) is 0 Å². The van der Waals surface area contributed by atoms with Gasteiger partial charge in [0.2, 0.25) is 0 Å². The van der Waals surface area contributed by atoms with Gasteiger partial charge in [0.1, 0.15) is 0 Å². The van der Waals surface area contributed by atoms with E-state index in [1.54, 1.807) is 0 Å². The second kappa shape index (κ2) is 4.35. The van der Waals surface area contributed by atoms with E-state index in [4.69, 9.17) is 0 Å². The molecule has 0 aliphatic heterocycles. The molecule has 2 aromatic rings. The van der Waals surface area contributed by atoms with Crippen molar-refractivity contribution in [3.05, 3.63) is 48.0 Å². The van der Waals surface area contributed by atoms with Gasteiger partial charge < -0.3 is 5.11 Å². The van der Waals surface area contributed by atoms with Gasteiger partial charge >= 0.3 is 5.97 Å². The molecule has 2 aromatic carbocycles. The summed E-state index contributed by atoms with van der Waals surface area (Å²) in [5, 5.41) is 11.3. The van der Waals surface area contributed by atoms with Gasteiger partial charge in [-0.05, 0) is 22.8 Å². The summed E-state index contributed by atoms with van der Waals surface area (Å²) in [4.78, 5) is 11.2. The van der Waals surface area contributed by atoms with E-state index in [0.29, 0.717) is 6.42 Å². The SMILES string of the molecule is CCC(C(=O)O)c1cccc2ccccc12. The Labute approximate surface area is 94.5 Å². The summed E-state index contributed by atoms with van der Waals surface area (Å²) in [5.74, 6) is -1.16. The second-order valence-corrected chi connectivity index (χ2v) is 3.87. The Morgan fingerprint density at radius 1 is 1.19 bits per heavy atom. The van der Waals surface area contributed by atoms with Crippen molar-refractivity contribution in [3.8, 4) is 0 Å². The third-order valence-corrected chi connectivity index (χ3v) is 2.91. The van der Waals surface area contributed by atoms with Gasteiger partial charge in [-0.15, -0.1) is 0 Å². The highest BCUT2D eigenvalue weighted by molar-refractivity contribution is 5.90. The molecule has 0 heterocycles. The number of carboxylic acids is 1. The number of carbonyl (C=O) groups is 1. The third-order valence-electron chi connectivity index (χ3n) is 2.91. The number of fused-ring (bicyclic) bond motifs is 1. The predicted molar refractivity (Wildman–Crippen MR) is 64.6 cm³/mol. The van der Waals surface area contributed by atoms with Gasteiger partial charge in [-0.3, -0.25) is 4.79 Å². The number of rotatable bonds is 3. The normalized spacial score (nSPS) is 12.6. The minimum atomic E-state index is -0.751. The highest BCUT2D eigenvalue weighted by atomic mass is 16.4. The van der Waals surface area contributed by atoms with E-state index in [1.165, 1.54) is 0 Å². The molecule has 16 heavy (non-hydrogen) atoms. The molecule has 82 valence electrons. The maximum Gasteiger partial charge on any atom is 0.310 e. The monoisotopic (exact) mass is 214 g/mol. The van der Waals surface area contributed by atoms with E-state index in [9.17, 15) is 9.90 Å². The number of carboxylic acid groups (broad SMARTS) is 1. The van der Waals surface area contributed by atoms with Crippen molar-refractivity contribution in [2.24, 2.45) is 0 Å². The number of hydrogen-bond acceptors (Lipinski definition) is 1. The van der Waals surface area contributed by atoms with E-state index in [0.717, 1.165) is 16.3 Å². The zero-order valence-electron chi connectivity index (χ0n) is 9.18. The van der Waals surface area contributed by atoms with Crippen LogP contribution in [-0.2, 0) is 4.79 Å². The molecule has 0 fully saturated rings. The summed E-state index contributed by atoms with van der Waals surface area (Å²) in [6.45, 7) is 1.90. The van der Waals surface area contributed by atoms with Gasteiger partial charge in [-0.2, -0.15) is 0 Å². The fourth-order valence-electron chi connectivity index (χ4n) is 2.08. The maximum absolute atomic E-state index is 11.2. The van der Waals surface area contributed by atoms with Crippen LogP contribution in [0.3, 0.4) is 0 Å². The van der Waals surface area contributed by atoms with Crippen LogP contribution in [0.25, 0.3) is 10.8 Å². The summed E-state index contributed by atoms with van der Waals surface area (Å²) in [7, 11) is 0. The summed E-state index contributed by atoms with van der Waals surface area (Å²) in [5.41, 5.74) is 0.910. The van der Waals surface area contributed by atoms with Gasteiger partial charge in [0.25, 0.3) is 0 Å². The Kier molecular flexibility index (Phi) is 2.91. The van der Waals surface area contributed by atoms with Crippen LogP contribution >= 0.6 is 0 Å². The molecule has 0 saturated carbocycles.